The summed E-state index contributed by atoms with van der Waals surface area (Å²) in [6.07, 6.45) is 1.70. The van der Waals surface area contributed by atoms with E-state index in [0.29, 0.717) is 0 Å². The molecule has 0 atom stereocenters. The molecule has 0 amide bonds. The Morgan fingerprint density at radius 1 is 1.38 bits per heavy atom. The second-order valence-electron chi connectivity index (χ2n) is 4.59. The van der Waals surface area contributed by atoms with E-state index in [1.54, 1.807) is 0 Å². The molecule has 0 radical (unpaired) electrons. The molecule has 0 aliphatic carbocycles. The number of aryl methyl sites for hydroxylation is 1. The van der Waals surface area contributed by atoms with Crippen molar-refractivity contribution in [1.82, 2.24) is 4.90 Å². The Bertz CT molecular complexity index is 359. The third-order valence-electron chi connectivity index (χ3n) is 3.19. The Morgan fingerprint density at radius 3 is 2.69 bits per heavy atom. The van der Waals surface area contributed by atoms with Crippen LogP contribution in [0, 0.1) is 6.92 Å². The predicted octanol–water partition coefficient (Wildman–Crippen LogP) is 2.61. The maximum atomic E-state index is 9.43. The first-order valence-corrected chi connectivity index (χ1v) is 6.18. The molecular formula is C13H18ClNO. The lowest BCUT2D eigenvalue weighted by Crippen LogP contribution is -2.35. The van der Waals surface area contributed by atoms with E-state index in [2.05, 4.69) is 17.0 Å². The van der Waals surface area contributed by atoms with Crippen LogP contribution in [0.5, 0.6) is 0 Å². The minimum Gasteiger partial charge on any atom is -0.393 e. The summed E-state index contributed by atoms with van der Waals surface area (Å²) in [6.45, 7) is 4.97. The van der Waals surface area contributed by atoms with Crippen LogP contribution in [0.3, 0.4) is 0 Å². The standard InChI is InChI=1S/C13H18ClNO/c1-10-8-11(2-3-13(10)14)9-15-6-4-12(16)5-7-15/h2-3,8,12,16H,4-7,9H2,1H3. The first kappa shape index (κ1) is 11.9. The zero-order valence-corrected chi connectivity index (χ0v) is 10.4. The first-order chi connectivity index (χ1) is 7.65. The number of rotatable bonds is 2. The summed E-state index contributed by atoms with van der Waals surface area (Å²) in [4.78, 5) is 2.38. The number of aliphatic hydroxyl groups excluding tert-OH is 1. The van der Waals surface area contributed by atoms with Crippen molar-refractivity contribution in [3.8, 4) is 0 Å². The van der Waals surface area contributed by atoms with Crippen molar-refractivity contribution in [2.24, 2.45) is 0 Å². The number of piperidine rings is 1. The third-order valence-corrected chi connectivity index (χ3v) is 3.61. The molecule has 2 nitrogen and oxygen atoms in total. The molecular weight excluding hydrogens is 222 g/mol. The van der Waals surface area contributed by atoms with Crippen molar-refractivity contribution in [2.75, 3.05) is 13.1 Å². The van der Waals surface area contributed by atoms with Gasteiger partial charge in [-0.05, 0) is 37.0 Å². The summed E-state index contributed by atoms with van der Waals surface area (Å²) in [6, 6.07) is 6.19. The van der Waals surface area contributed by atoms with E-state index in [1.165, 1.54) is 5.56 Å². The zero-order valence-electron chi connectivity index (χ0n) is 9.62. The van der Waals surface area contributed by atoms with Gasteiger partial charge in [0.2, 0.25) is 0 Å². The van der Waals surface area contributed by atoms with E-state index in [0.717, 1.165) is 43.1 Å². The molecule has 1 aromatic rings. The summed E-state index contributed by atoms with van der Waals surface area (Å²) < 4.78 is 0. The van der Waals surface area contributed by atoms with Crippen LogP contribution in [-0.2, 0) is 6.54 Å². The Labute approximate surface area is 102 Å². The van der Waals surface area contributed by atoms with Gasteiger partial charge < -0.3 is 5.11 Å². The lowest BCUT2D eigenvalue weighted by Gasteiger charge is -2.29. The lowest BCUT2D eigenvalue weighted by atomic mass is 10.1. The van der Waals surface area contributed by atoms with Gasteiger partial charge in [-0.25, -0.2) is 0 Å². The number of nitrogens with zero attached hydrogens (tertiary/aromatic N) is 1. The van der Waals surface area contributed by atoms with Crippen LogP contribution in [0.1, 0.15) is 24.0 Å². The summed E-state index contributed by atoms with van der Waals surface area (Å²) >= 11 is 6.00. The average Bonchev–Trinajstić information content (AvgIpc) is 2.27. The normalized spacial score (nSPS) is 18.9. The highest BCUT2D eigenvalue weighted by Crippen LogP contribution is 2.19. The fraction of sp³-hybridized carbons (Fsp3) is 0.538. The van der Waals surface area contributed by atoms with Crippen molar-refractivity contribution < 1.29 is 5.11 Å². The monoisotopic (exact) mass is 239 g/mol. The van der Waals surface area contributed by atoms with Crippen LogP contribution in [0.2, 0.25) is 5.02 Å². The molecule has 1 aromatic carbocycles. The third kappa shape index (κ3) is 2.97. The van der Waals surface area contributed by atoms with Gasteiger partial charge in [0.15, 0.2) is 0 Å². The smallest absolute Gasteiger partial charge is 0.0564 e. The largest absolute Gasteiger partial charge is 0.393 e. The Kier molecular flexibility index (Phi) is 3.85. The topological polar surface area (TPSA) is 23.5 Å². The molecule has 1 heterocycles. The van der Waals surface area contributed by atoms with Crippen LogP contribution in [0.15, 0.2) is 18.2 Å². The quantitative estimate of drug-likeness (QED) is 0.858. The Hall–Kier alpha value is -0.570. The van der Waals surface area contributed by atoms with Crippen molar-refractivity contribution in [2.45, 2.75) is 32.4 Å². The van der Waals surface area contributed by atoms with Crippen LogP contribution in [0.4, 0.5) is 0 Å². The van der Waals surface area contributed by atoms with Crippen LogP contribution in [0.25, 0.3) is 0 Å². The van der Waals surface area contributed by atoms with E-state index in [1.807, 2.05) is 13.0 Å². The van der Waals surface area contributed by atoms with E-state index < -0.39 is 0 Å². The first-order valence-electron chi connectivity index (χ1n) is 5.80. The van der Waals surface area contributed by atoms with Gasteiger partial charge in [0.1, 0.15) is 0 Å². The molecule has 0 spiro atoms. The minimum absolute atomic E-state index is 0.0943. The fourth-order valence-corrected chi connectivity index (χ4v) is 2.26. The van der Waals surface area contributed by atoms with Gasteiger partial charge in [-0.3, -0.25) is 4.90 Å². The molecule has 88 valence electrons. The number of halogens is 1. The van der Waals surface area contributed by atoms with Gasteiger partial charge in [-0.2, -0.15) is 0 Å². The molecule has 1 aliphatic rings. The van der Waals surface area contributed by atoms with Crippen molar-refractivity contribution in [3.05, 3.63) is 34.3 Å². The van der Waals surface area contributed by atoms with Gasteiger partial charge in [-0.1, -0.05) is 23.7 Å². The van der Waals surface area contributed by atoms with E-state index in [9.17, 15) is 5.11 Å². The molecule has 1 aliphatic heterocycles. The molecule has 0 aromatic heterocycles. The molecule has 0 saturated carbocycles. The van der Waals surface area contributed by atoms with Gasteiger partial charge in [-0.15, -0.1) is 0 Å². The number of hydrogen-bond donors (Lipinski definition) is 1. The number of hydrogen-bond acceptors (Lipinski definition) is 2. The van der Waals surface area contributed by atoms with Crippen LogP contribution >= 0.6 is 11.6 Å². The summed E-state index contributed by atoms with van der Waals surface area (Å²) in [5.41, 5.74) is 2.44. The second kappa shape index (κ2) is 5.17. The minimum atomic E-state index is -0.0943. The average molecular weight is 240 g/mol. The van der Waals surface area contributed by atoms with Crippen molar-refractivity contribution in [1.29, 1.82) is 0 Å². The Morgan fingerprint density at radius 2 is 2.06 bits per heavy atom. The lowest BCUT2D eigenvalue weighted by molar-refractivity contribution is 0.0792. The van der Waals surface area contributed by atoms with Gasteiger partial charge in [0.05, 0.1) is 6.10 Å². The molecule has 1 fully saturated rings. The molecule has 1 N–H and O–H groups in total. The molecule has 0 unspecified atom stereocenters. The second-order valence-corrected chi connectivity index (χ2v) is 5.00. The highest BCUT2D eigenvalue weighted by Gasteiger charge is 2.16. The summed E-state index contributed by atoms with van der Waals surface area (Å²) in [5.74, 6) is 0. The summed E-state index contributed by atoms with van der Waals surface area (Å²) in [7, 11) is 0. The van der Waals surface area contributed by atoms with E-state index in [4.69, 9.17) is 11.6 Å². The molecule has 0 bridgehead atoms. The number of likely N-dealkylation sites (tertiary alicyclic amines) is 1. The zero-order chi connectivity index (χ0) is 11.5. The molecule has 1 saturated heterocycles. The highest BCUT2D eigenvalue weighted by atomic mass is 35.5. The van der Waals surface area contributed by atoms with Crippen molar-refractivity contribution >= 4 is 11.6 Å². The molecule has 16 heavy (non-hydrogen) atoms. The number of benzene rings is 1. The molecule has 2 rings (SSSR count). The van der Waals surface area contributed by atoms with Gasteiger partial charge in [0.25, 0.3) is 0 Å². The maximum Gasteiger partial charge on any atom is 0.0564 e. The van der Waals surface area contributed by atoms with E-state index in [-0.39, 0.29) is 6.10 Å². The van der Waals surface area contributed by atoms with E-state index >= 15 is 0 Å². The molecule has 3 heteroatoms. The van der Waals surface area contributed by atoms with Crippen LogP contribution in [-0.4, -0.2) is 29.2 Å². The van der Waals surface area contributed by atoms with Crippen LogP contribution < -0.4 is 0 Å². The highest BCUT2D eigenvalue weighted by molar-refractivity contribution is 6.31. The van der Waals surface area contributed by atoms with Gasteiger partial charge >= 0.3 is 0 Å². The number of aliphatic hydroxyl groups is 1. The summed E-state index contributed by atoms with van der Waals surface area (Å²) in [5, 5.41) is 10.3. The van der Waals surface area contributed by atoms with Crippen molar-refractivity contribution in [3.63, 3.8) is 0 Å². The van der Waals surface area contributed by atoms with Gasteiger partial charge in [0, 0.05) is 24.7 Å². The SMILES string of the molecule is Cc1cc(CN2CCC(O)CC2)ccc1Cl. The fourth-order valence-electron chi connectivity index (χ4n) is 2.14. The predicted molar refractivity (Wildman–Crippen MR) is 66.7 cm³/mol. The maximum absolute atomic E-state index is 9.43. The Balaban J connectivity index is 1.96.